The minimum Gasteiger partial charge on any atom is -0.479 e. The van der Waals surface area contributed by atoms with Crippen LogP contribution in [0.3, 0.4) is 0 Å². The highest BCUT2D eigenvalue weighted by Crippen LogP contribution is 2.45. The number of rotatable bonds is 2. The summed E-state index contributed by atoms with van der Waals surface area (Å²) in [5.74, 6) is 0.182. The smallest absolute Gasteiger partial charge is 0.253 e. The standard InChI is InChI=1S/C26H27FN2O3/c1-17-15-18(6-8-20(17)25(2,3)31)24(30)28-13-10-26(11-14-28)23-5-4-12-29(23)21-9-7-19(27)16-22(21)32-26/h4-9,12,15-16,31H,10-11,13-14H2,1-3H3. The topological polar surface area (TPSA) is 54.7 Å². The monoisotopic (exact) mass is 434 g/mol. The Hall–Kier alpha value is -3.12. The molecule has 1 amide bonds. The highest BCUT2D eigenvalue weighted by atomic mass is 19.1. The van der Waals surface area contributed by atoms with Gasteiger partial charge in [0.15, 0.2) is 5.60 Å². The van der Waals surface area contributed by atoms with Crippen LogP contribution in [-0.2, 0) is 11.2 Å². The molecule has 0 aliphatic carbocycles. The summed E-state index contributed by atoms with van der Waals surface area (Å²) in [5, 5.41) is 10.3. The summed E-state index contributed by atoms with van der Waals surface area (Å²) >= 11 is 0. The molecule has 2 aliphatic heterocycles. The number of piperidine rings is 1. The van der Waals surface area contributed by atoms with Crippen molar-refractivity contribution in [2.45, 2.75) is 44.8 Å². The maximum Gasteiger partial charge on any atom is 0.253 e. The summed E-state index contributed by atoms with van der Waals surface area (Å²) in [4.78, 5) is 15.0. The molecule has 1 spiro atoms. The van der Waals surface area contributed by atoms with Crippen LogP contribution in [0.1, 0.15) is 53.9 Å². The fourth-order valence-corrected chi connectivity index (χ4v) is 5.09. The van der Waals surface area contributed by atoms with E-state index >= 15 is 0 Å². The number of nitrogens with zero attached hydrogens (tertiary/aromatic N) is 2. The quantitative estimate of drug-likeness (QED) is 0.637. The zero-order valence-electron chi connectivity index (χ0n) is 18.6. The van der Waals surface area contributed by atoms with Crippen LogP contribution in [0.5, 0.6) is 5.75 Å². The van der Waals surface area contributed by atoms with Crippen molar-refractivity contribution in [3.8, 4) is 11.4 Å². The minimum atomic E-state index is -0.952. The van der Waals surface area contributed by atoms with Crippen LogP contribution in [0.25, 0.3) is 5.69 Å². The molecule has 1 fully saturated rings. The van der Waals surface area contributed by atoms with Gasteiger partial charge in [-0.2, -0.15) is 0 Å². The summed E-state index contributed by atoms with van der Waals surface area (Å²) in [7, 11) is 0. The molecule has 1 saturated heterocycles. The molecule has 166 valence electrons. The van der Waals surface area contributed by atoms with E-state index in [-0.39, 0.29) is 11.7 Å². The third-order valence-electron chi connectivity index (χ3n) is 6.69. The molecule has 3 aromatic rings. The van der Waals surface area contributed by atoms with Gasteiger partial charge in [-0.05, 0) is 68.3 Å². The number of hydrogen-bond donors (Lipinski definition) is 1. The Morgan fingerprint density at radius 2 is 1.88 bits per heavy atom. The molecule has 1 aromatic heterocycles. The van der Waals surface area contributed by atoms with Crippen molar-refractivity contribution in [2.24, 2.45) is 0 Å². The number of halogens is 1. The van der Waals surface area contributed by atoms with Crippen molar-refractivity contribution < 1.29 is 19.0 Å². The van der Waals surface area contributed by atoms with Gasteiger partial charge in [0.2, 0.25) is 0 Å². The molecule has 1 N–H and O–H groups in total. The summed E-state index contributed by atoms with van der Waals surface area (Å²) in [6, 6.07) is 14.1. The molecule has 32 heavy (non-hydrogen) atoms. The van der Waals surface area contributed by atoms with Gasteiger partial charge in [-0.1, -0.05) is 6.07 Å². The first-order valence-corrected chi connectivity index (χ1v) is 11.0. The van der Waals surface area contributed by atoms with Gasteiger partial charge >= 0.3 is 0 Å². The van der Waals surface area contributed by atoms with Crippen LogP contribution in [0.2, 0.25) is 0 Å². The molecule has 0 saturated carbocycles. The Balaban J connectivity index is 1.38. The van der Waals surface area contributed by atoms with E-state index in [0.717, 1.165) is 22.5 Å². The molecule has 6 heteroatoms. The highest BCUT2D eigenvalue weighted by Gasteiger charge is 2.44. The van der Waals surface area contributed by atoms with E-state index in [1.54, 1.807) is 26.0 Å². The summed E-state index contributed by atoms with van der Waals surface area (Å²) in [5.41, 5.74) is 2.66. The predicted octanol–water partition coefficient (Wildman–Crippen LogP) is 4.68. The van der Waals surface area contributed by atoms with Crippen LogP contribution in [0.4, 0.5) is 4.39 Å². The summed E-state index contributed by atoms with van der Waals surface area (Å²) in [6.07, 6.45) is 3.22. The van der Waals surface area contributed by atoms with E-state index in [2.05, 4.69) is 4.57 Å². The number of ether oxygens (including phenoxy) is 1. The van der Waals surface area contributed by atoms with E-state index in [1.165, 1.54) is 12.1 Å². The molecule has 5 nitrogen and oxygen atoms in total. The summed E-state index contributed by atoms with van der Waals surface area (Å²) < 4.78 is 22.4. The normalized spacial score (nSPS) is 17.0. The van der Waals surface area contributed by atoms with Crippen molar-refractivity contribution in [1.29, 1.82) is 0 Å². The van der Waals surface area contributed by atoms with Crippen LogP contribution < -0.4 is 4.74 Å². The van der Waals surface area contributed by atoms with Crippen molar-refractivity contribution in [3.63, 3.8) is 0 Å². The number of aromatic nitrogens is 1. The number of benzene rings is 2. The second-order valence-electron chi connectivity index (χ2n) is 9.35. The molecule has 5 rings (SSSR count). The first kappa shape index (κ1) is 20.8. The molecule has 3 heterocycles. The fourth-order valence-electron chi connectivity index (χ4n) is 5.09. The highest BCUT2D eigenvalue weighted by molar-refractivity contribution is 5.94. The maximum atomic E-state index is 13.9. The van der Waals surface area contributed by atoms with Gasteiger partial charge in [-0.15, -0.1) is 0 Å². The van der Waals surface area contributed by atoms with Crippen molar-refractivity contribution in [3.05, 3.63) is 82.9 Å². The molecule has 2 aromatic carbocycles. The lowest BCUT2D eigenvalue weighted by Gasteiger charge is -2.45. The Bertz CT molecular complexity index is 1200. The van der Waals surface area contributed by atoms with Gasteiger partial charge in [0.05, 0.1) is 17.0 Å². The molecular formula is C26H27FN2O3. The van der Waals surface area contributed by atoms with Gasteiger partial charge in [-0.3, -0.25) is 4.79 Å². The van der Waals surface area contributed by atoms with E-state index < -0.39 is 11.2 Å². The molecule has 2 aliphatic rings. The largest absolute Gasteiger partial charge is 0.479 e. The molecular weight excluding hydrogens is 407 g/mol. The Morgan fingerprint density at radius 1 is 1.12 bits per heavy atom. The van der Waals surface area contributed by atoms with Crippen molar-refractivity contribution in [2.75, 3.05) is 13.1 Å². The first-order valence-electron chi connectivity index (χ1n) is 11.0. The van der Waals surface area contributed by atoms with Crippen molar-refractivity contribution in [1.82, 2.24) is 9.47 Å². The SMILES string of the molecule is Cc1cc(C(=O)N2CCC3(CC2)Oc2cc(F)ccc2-n2cccc23)ccc1C(C)(C)O. The van der Waals surface area contributed by atoms with Gasteiger partial charge < -0.3 is 19.3 Å². The van der Waals surface area contributed by atoms with Crippen LogP contribution >= 0.6 is 0 Å². The lowest BCUT2D eigenvalue weighted by atomic mass is 9.86. The minimum absolute atomic E-state index is 0.0251. The number of fused-ring (bicyclic) bond motifs is 4. The van der Waals surface area contributed by atoms with E-state index in [0.29, 0.717) is 37.2 Å². The van der Waals surface area contributed by atoms with Crippen molar-refractivity contribution >= 4 is 5.91 Å². The number of likely N-dealkylation sites (tertiary alicyclic amines) is 1. The zero-order chi connectivity index (χ0) is 22.7. The van der Waals surface area contributed by atoms with Gasteiger partial charge in [0.25, 0.3) is 5.91 Å². The fraction of sp³-hybridized carbons (Fsp3) is 0.346. The maximum absolute atomic E-state index is 13.9. The second-order valence-corrected chi connectivity index (χ2v) is 9.35. The number of hydrogen-bond acceptors (Lipinski definition) is 3. The molecule has 0 unspecified atom stereocenters. The Kier molecular flexibility index (Phi) is 4.67. The summed E-state index contributed by atoms with van der Waals surface area (Å²) in [6.45, 7) is 6.48. The average Bonchev–Trinajstić information content (AvgIpc) is 3.24. The lowest BCUT2D eigenvalue weighted by Crippen LogP contribution is -2.50. The lowest BCUT2D eigenvalue weighted by molar-refractivity contribution is -0.00952. The van der Waals surface area contributed by atoms with Gasteiger partial charge in [0, 0.05) is 43.8 Å². The number of carbonyl (C=O) groups is 1. The first-order chi connectivity index (χ1) is 15.2. The number of carbonyl (C=O) groups excluding carboxylic acids is 1. The Labute approximate surface area is 187 Å². The van der Waals surface area contributed by atoms with E-state index in [1.807, 2.05) is 42.3 Å². The molecule has 0 atom stereocenters. The van der Waals surface area contributed by atoms with Gasteiger partial charge in [-0.25, -0.2) is 4.39 Å². The van der Waals surface area contributed by atoms with Crippen LogP contribution in [-0.4, -0.2) is 33.6 Å². The number of aryl methyl sites for hydroxylation is 1. The average molecular weight is 435 g/mol. The second kappa shape index (κ2) is 7.20. The Morgan fingerprint density at radius 3 is 2.56 bits per heavy atom. The molecule has 0 radical (unpaired) electrons. The van der Waals surface area contributed by atoms with Gasteiger partial charge in [0.1, 0.15) is 11.6 Å². The molecule has 0 bridgehead atoms. The van der Waals surface area contributed by atoms with E-state index in [4.69, 9.17) is 4.74 Å². The third kappa shape index (κ3) is 3.30. The third-order valence-corrected chi connectivity index (χ3v) is 6.69. The van der Waals surface area contributed by atoms with Crippen LogP contribution in [0, 0.1) is 12.7 Å². The zero-order valence-corrected chi connectivity index (χ0v) is 18.6. The predicted molar refractivity (Wildman–Crippen MR) is 120 cm³/mol. The number of amides is 1. The van der Waals surface area contributed by atoms with Crippen LogP contribution in [0.15, 0.2) is 54.7 Å². The number of aliphatic hydroxyl groups is 1. The van der Waals surface area contributed by atoms with E-state index in [9.17, 15) is 14.3 Å².